The molecule has 0 spiro atoms. The van der Waals surface area contributed by atoms with E-state index >= 15 is 0 Å². The molecule has 0 saturated heterocycles. The minimum atomic E-state index is -0.361. The molecule has 9 nitrogen and oxygen atoms in total. The Morgan fingerprint density at radius 3 is 1.66 bits per heavy atom. The Balaban J connectivity index is 1.82. The summed E-state index contributed by atoms with van der Waals surface area (Å²) in [6, 6.07) is 7.28. The molecule has 9 heteroatoms. The van der Waals surface area contributed by atoms with Crippen LogP contribution < -0.4 is 5.32 Å². The van der Waals surface area contributed by atoms with Gasteiger partial charge in [-0.05, 0) is 37.1 Å². The summed E-state index contributed by atoms with van der Waals surface area (Å²) in [7, 11) is 0. The van der Waals surface area contributed by atoms with Gasteiger partial charge in [0.05, 0.1) is 58.4 Å². The van der Waals surface area contributed by atoms with Crippen LogP contribution >= 0.6 is 0 Å². The van der Waals surface area contributed by atoms with Crippen molar-refractivity contribution in [3.63, 3.8) is 0 Å². The summed E-state index contributed by atoms with van der Waals surface area (Å²) >= 11 is 0. The molecule has 0 aliphatic carbocycles. The van der Waals surface area contributed by atoms with E-state index in [1.807, 2.05) is 12.1 Å². The van der Waals surface area contributed by atoms with Crippen LogP contribution in [-0.2, 0) is 33.2 Å². The van der Waals surface area contributed by atoms with Crippen LogP contribution in [-0.4, -0.2) is 84.6 Å². The number of rotatable bonds is 26. The predicted molar refractivity (Wildman–Crippen MR) is 148 cm³/mol. The Bertz CT molecular complexity index is 698. The molecule has 38 heavy (non-hydrogen) atoms. The molecule has 0 atom stereocenters. The zero-order valence-electron chi connectivity index (χ0n) is 23.5. The summed E-state index contributed by atoms with van der Waals surface area (Å²) in [6.45, 7) is 9.05. The largest absolute Gasteiger partial charge is 0.463 e. The zero-order valence-corrected chi connectivity index (χ0v) is 23.5. The zero-order chi connectivity index (χ0) is 27.5. The van der Waals surface area contributed by atoms with Crippen LogP contribution in [0.25, 0.3) is 0 Å². The number of carbonyl (C=O) groups excluding carboxylic acids is 2. The van der Waals surface area contributed by atoms with Crippen LogP contribution in [0.2, 0.25) is 0 Å². The van der Waals surface area contributed by atoms with E-state index in [-0.39, 0.29) is 25.2 Å². The fourth-order valence-corrected chi connectivity index (χ4v) is 3.33. The van der Waals surface area contributed by atoms with Crippen molar-refractivity contribution in [1.82, 2.24) is 0 Å². The van der Waals surface area contributed by atoms with Crippen LogP contribution in [0.1, 0.15) is 75.6 Å². The molecule has 0 amide bonds. The Morgan fingerprint density at radius 1 is 0.605 bits per heavy atom. The molecule has 0 fully saturated rings. The van der Waals surface area contributed by atoms with Gasteiger partial charge in [0.25, 0.3) is 0 Å². The molecule has 1 rings (SSSR count). The minimum Gasteiger partial charge on any atom is -0.463 e. The van der Waals surface area contributed by atoms with Crippen LogP contribution in [0.15, 0.2) is 24.3 Å². The smallest absolute Gasteiger partial charge is 0.338 e. The fourth-order valence-electron chi connectivity index (χ4n) is 3.33. The van der Waals surface area contributed by atoms with E-state index in [2.05, 4.69) is 19.2 Å². The molecule has 0 radical (unpaired) electrons. The third-order valence-electron chi connectivity index (χ3n) is 5.53. The van der Waals surface area contributed by atoms with Gasteiger partial charge in [-0.2, -0.15) is 0 Å². The van der Waals surface area contributed by atoms with Crippen molar-refractivity contribution >= 4 is 17.6 Å². The summed E-state index contributed by atoms with van der Waals surface area (Å²) in [4.78, 5) is 23.7. The van der Waals surface area contributed by atoms with Crippen molar-refractivity contribution in [2.24, 2.45) is 0 Å². The third kappa shape index (κ3) is 19.9. The Kier molecular flexibility index (Phi) is 22.3. The van der Waals surface area contributed by atoms with E-state index in [1.165, 1.54) is 19.3 Å². The first-order valence-corrected chi connectivity index (χ1v) is 14.1. The van der Waals surface area contributed by atoms with Gasteiger partial charge in [-0.1, -0.05) is 46.0 Å². The maximum atomic E-state index is 12.1. The number of hydrogen-bond donors (Lipinski definition) is 1. The van der Waals surface area contributed by atoms with Gasteiger partial charge in [-0.25, -0.2) is 4.79 Å². The van der Waals surface area contributed by atoms with Gasteiger partial charge in [-0.3, -0.25) is 4.79 Å². The first-order chi connectivity index (χ1) is 18.7. The van der Waals surface area contributed by atoms with E-state index in [0.29, 0.717) is 64.8 Å². The number of benzene rings is 1. The lowest BCUT2D eigenvalue weighted by Gasteiger charge is -2.09. The summed E-state index contributed by atoms with van der Waals surface area (Å²) < 4.78 is 32.1. The van der Waals surface area contributed by atoms with Gasteiger partial charge >= 0.3 is 11.9 Å². The van der Waals surface area contributed by atoms with Crippen molar-refractivity contribution in [3.05, 3.63) is 29.8 Å². The van der Waals surface area contributed by atoms with Crippen LogP contribution in [0.5, 0.6) is 0 Å². The van der Waals surface area contributed by atoms with Crippen LogP contribution in [0.3, 0.4) is 0 Å². The Hall–Kier alpha value is -2.20. The van der Waals surface area contributed by atoms with Crippen molar-refractivity contribution in [2.45, 2.75) is 65.2 Å². The van der Waals surface area contributed by atoms with Crippen molar-refractivity contribution in [3.8, 4) is 0 Å². The second kappa shape index (κ2) is 25.1. The van der Waals surface area contributed by atoms with Gasteiger partial charge in [0, 0.05) is 18.7 Å². The van der Waals surface area contributed by atoms with Crippen LogP contribution in [0, 0.1) is 0 Å². The number of carbonyl (C=O) groups is 2. The van der Waals surface area contributed by atoms with Gasteiger partial charge in [0.2, 0.25) is 0 Å². The molecule has 0 aliphatic heterocycles. The number of nitrogens with one attached hydrogen (secondary N) is 1. The number of hydrogen-bond acceptors (Lipinski definition) is 9. The average molecular weight is 540 g/mol. The second-order valence-corrected chi connectivity index (χ2v) is 8.83. The molecule has 1 N–H and O–H groups in total. The highest BCUT2D eigenvalue weighted by molar-refractivity contribution is 5.89. The Labute approximate surface area is 228 Å². The summed E-state index contributed by atoms with van der Waals surface area (Å²) in [6.07, 6.45) is 8.31. The molecule has 0 aromatic heterocycles. The third-order valence-corrected chi connectivity index (χ3v) is 5.53. The normalized spacial score (nSPS) is 10.9. The molecule has 0 aliphatic rings. The SMILES string of the molecule is CCCCCCCC(=O)OCCOCCOCCOCCOCCOC(=O)c1ccc(NCCCC)cc1. The van der Waals surface area contributed by atoms with Gasteiger partial charge in [0.15, 0.2) is 0 Å². The molecule has 0 bridgehead atoms. The summed E-state index contributed by atoms with van der Waals surface area (Å²) in [5.74, 6) is -0.514. The predicted octanol–water partition coefficient (Wildman–Crippen LogP) is 5.03. The average Bonchev–Trinajstić information content (AvgIpc) is 2.93. The molecular formula is C29H49NO8. The number of esters is 2. The minimum absolute atomic E-state index is 0.153. The molecule has 0 heterocycles. The van der Waals surface area contributed by atoms with E-state index in [0.717, 1.165) is 37.9 Å². The molecule has 0 unspecified atom stereocenters. The first-order valence-electron chi connectivity index (χ1n) is 14.1. The lowest BCUT2D eigenvalue weighted by molar-refractivity contribution is -0.145. The Morgan fingerprint density at radius 2 is 1.11 bits per heavy atom. The van der Waals surface area contributed by atoms with E-state index in [1.54, 1.807) is 12.1 Å². The topological polar surface area (TPSA) is 102 Å². The molecular weight excluding hydrogens is 490 g/mol. The second-order valence-electron chi connectivity index (χ2n) is 8.83. The highest BCUT2D eigenvalue weighted by atomic mass is 16.6. The van der Waals surface area contributed by atoms with Crippen molar-refractivity contribution in [1.29, 1.82) is 0 Å². The monoisotopic (exact) mass is 539 g/mol. The van der Waals surface area contributed by atoms with Gasteiger partial charge < -0.3 is 33.7 Å². The summed E-state index contributed by atoms with van der Waals surface area (Å²) in [5, 5.41) is 3.31. The van der Waals surface area contributed by atoms with E-state index < -0.39 is 0 Å². The maximum Gasteiger partial charge on any atom is 0.338 e. The van der Waals surface area contributed by atoms with Crippen molar-refractivity contribution in [2.75, 3.05) is 77.9 Å². The van der Waals surface area contributed by atoms with E-state index in [4.69, 9.17) is 28.4 Å². The number of anilines is 1. The molecule has 1 aromatic rings. The maximum absolute atomic E-state index is 12.1. The van der Waals surface area contributed by atoms with Crippen molar-refractivity contribution < 1.29 is 38.0 Å². The fraction of sp³-hybridized carbons (Fsp3) is 0.724. The quantitative estimate of drug-likeness (QED) is 0.128. The summed E-state index contributed by atoms with van der Waals surface area (Å²) in [5.41, 5.74) is 1.52. The van der Waals surface area contributed by atoms with Gasteiger partial charge in [0.1, 0.15) is 13.2 Å². The molecule has 218 valence electrons. The number of unbranched alkanes of at least 4 members (excludes halogenated alkanes) is 5. The van der Waals surface area contributed by atoms with E-state index in [9.17, 15) is 9.59 Å². The molecule has 1 aromatic carbocycles. The first kappa shape index (κ1) is 33.8. The lowest BCUT2D eigenvalue weighted by Crippen LogP contribution is -2.15. The van der Waals surface area contributed by atoms with Crippen LogP contribution in [0.4, 0.5) is 5.69 Å². The highest BCUT2D eigenvalue weighted by Crippen LogP contribution is 2.11. The van der Waals surface area contributed by atoms with Gasteiger partial charge in [-0.15, -0.1) is 0 Å². The molecule has 0 saturated carbocycles. The standard InChI is InChI=1S/C29H49NO8/c1-3-5-7-8-9-10-28(31)37-24-22-35-20-18-33-16-17-34-19-21-36-23-25-38-29(32)26-11-13-27(14-12-26)30-15-6-4-2/h11-14,30H,3-10,15-25H2,1-2H3. The highest BCUT2D eigenvalue weighted by Gasteiger charge is 2.07. The lowest BCUT2D eigenvalue weighted by atomic mass is 10.1. The number of ether oxygens (including phenoxy) is 6.